The maximum atomic E-state index is 5.88. The van der Waals surface area contributed by atoms with Gasteiger partial charge in [-0.15, -0.1) is 0 Å². The number of nitrogens with two attached hydrogens (primary N) is 1. The Bertz CT molecular complexity index is 329. The van der Waals surface area contributed by atoms with Crippen LogP contribution in [0.3, 0.4) is 0 Å². The molecule has 2 N–H and O–H groups in total. The van der Waals surface area contributed by atoms with Crippen LogP contribution < -0.4 is 10.5 Å². The summed E-state index contributed by atoms with van der Waals surface area (Å²) in [6, 6.07) is 5.82. The molecular weight excluding hydrogens is 270 g/mol. The van der Waals surface area contributed by atoms with Crippen LogP contribution in [0.15, 0.2) is 22.7 Å². The zero-order valence-electron chi connectivity index (χ0n) is 9.70. The molecule has 0 aliphatic carbocycles. The van der Waals surface area contributed by atoms with E-state index < -0.39 is 0 Å². The SMILES string of the molecule is CCOCCOc1ccc(Br)cc1[C@H](C)N. The topological polar surface area (TPSA) is 44.5 Å². The molecule has 0 aliphatic heterocycles. The largest absolute Gasteiger partial charge is 0.491 e. The van der Waals surface area contributed by atoms with Crippen LogP contribution in [0.2, 0.25) is 0 Å². The number of ether oxygens (including phenoxy) is 2. The highest BCUT2D eigenvalue weighted by atomic mass is 79.9. The van der Waals surface area contributed by atoms with Gasteiger partial charge in [0, 0.05) is 22.7 Å². The van der Waals surface area contributed by atoms with E-state index in [1.165, 1.54) is 0 Å². The normalized spacial score (nSPS) is 12.5. The zero-order valence-corrected chi connectivity index (χ0v) is 11.3. The molecule has 0 unspecified atom stereocenters. The van der Waals surface area contributed by atoms with Crippen LogP contribution in [0, 0.1) is 0 Å². The van der Waals surface area contributed by atoms with Crippen molar-refractivity contribution in [2.24, 2.45) is 5.73 Å². The molecule has 1 rings (SSSR count). The maximum Gasteiger partial charge on any atom is 0.124 e. The van der Waals surface area contributed by atoms with Crippen molar-refractivity contribution in [1.82, 2.24) is 0 Å². The Morgan fingerprint density at radius 2 is 2.12 bits per heavy atom. The van der Waals surface area contributed by atoms with Crippen LogP contribution in [0.4, 0.5) is 0 Å². The molecule has 0 heterocycles. The first kappa shape index (κ1) is 13.5. The second-order valence-electron chi connectivity index (χ2n) is 3.52. The minimum absolute atomic E-state index is 0.0420. The second-order valence-corrected chi connectivity index (χ2v) is 4.43. The third-order valence-electron chi connectivity index (χ3n) is 2.15. The molecule has 1 aromatic carbocycles. The van der Waals surface area contributed by atoms with Crippen molar-refractivity contribution in [2.45, 2.75) is 19.9 Å². The predicted octanol–water partition coefficient (Wildman–Crippen LogP) is 2.88. The van der Waals surface area contributed by atoms with Crippen molar-refractivity contribution in [1.29, 1.82) is 0 Å². The van der Waals surface area contributed by atoms with Crippen LogP contribution in [0.1, 0.15) is 25.5 Å². The molecule has 4 heteroatoms. The maximum absolute atomic E-state index is 5.88. The van der Waals surface area contributed by atoms with Gasteiger partial charge in [0.1, 0.15) is 12.4 Å². The van der Waals surface area contributed by atoms with Gasteiger partial charge in [-0.1, -0.05) is 15.9 Å². The molecule has 0 radical (unpaired) electrons. The lowest BCUT2D eigenvalue weighted by Gasteiger charge is -2.14. The highest BCUT2D eigenvalue weighted by Gasteiger charge is 2.08. The molecule has 0 spiro atoms. The van der Waals surface area contributed by atoms with Crippen LogP contribution in [-0.4, -0.2) is 19.8 Å². The first-order valence-electron chi connectivity index (χ1n) is 5.40. The second kappa shape index (κ2) is 6.89. The summed E-state index contributed by atoms with van der Waals surface area (Å²) in [5.41, 5.74) is 6.89. The third kappa shape index (κ3) is 4.12. The fraction of sp³-hybridized carbons (Fsp3) is 0.500. The average Bonchev–Trinajstić information content (AvgIpc) is 2.26. The Kier molecular flexibility index (Phi) is 5.80. The van der Waals surface area contributed by atoms with E-state index in [1.807, 2.05) is 32.0 Å². The summed E-state index contributed by atoms with van der Waals surface area (Å²) in [5, 5.41) is 0. The lowest BCUT2D eigenvalue weighted by atomic mass is 10.1. The van der Waals surface area contributed by atoms with E-state index in [9.17, 15) is 0 Å². The minimum Gasteiger partial charge on any atom is -0.491 e. The smallest absolute Gasteiger partial charge is 0.124 e. The van der Waals surface area contributed by atoms with Crippen molar-refractivity contribution in [3.05, 3.63) is 28.2 Å². The van der Waals surface area contributed by atoms with Crippen molar-refractivity contribution in [2.75, 3.05) is 19.8 Å². The van der Waals surface area contributed by atoms with Crippen LogP contribution in [0.5, 0.6) is 5.75 Å². The summed E-state index contributed by atoms with van der Waals surface area (Å²) in [7, 11) is 0. The van der Waals surface area contributed by atoms with Gasteiger partial charge < -0.3 is 15.2 Å². The zero-order chi connectivity index (χ0) is 12.0. The summed E-state index contributed by atoms with van der Waals surface area (Å²) in [6.45, 7) is 5.77. The summed E-state index contributed by atoms with van der Waals surface area (Å²) < 4.78 is 11.9. The quantitative estimate of drug-likeness (QED) is 0.819. The first-order valence-corrected chi connectivity index (χ1v) is 6.20. The van der Waals surface area contributed by atoms with E-state index in [0.717, 1.165) is 15.8 Å². The van der Waals surface area contributed by atoms with Crippen molar-refractivity contribution >= 4 is 15.9 Å². The molecule has 0 amide bonds. The predicted molar refractivity (Wildman–Crippen MR) is 68.7 cm³/mol. The molecule has 0 saturated carbocycles. The van der Waals surface area contributed by atoms with Crippen molar-refractivity contribution < 1.29 is 9.47 Å². The first-order chi connectivity index (χ1) is 7.65. The van der Waals surface area contributed by atoms with Crippen LogP contribution in [-0.2, 0) is 4.74 Å². The van der Waals surface area contributed by atoms with Gasteiger partial charge in [-0.2, -0.15) is 0 Å². The Morgan fingerprint density at radius 1 is 1.38 bits per heavy atom. The van der Waals surface area contributed by atoms with E-state index in [0.29, 0.717) is 19.8 Å². The Labute approximate surface area is 105 Å². The van der Waals surface area contributed by atoms with Gasteiger partial charge in [0.05, 0.1) is 6.61 Å². The number of hydrogen-bond acceptors (Lipinski definition) is 3. The summed E-state index contributed by atoms with van der Waals surface area (Å²) in [6.07, 6.45) is 0. The average molecular weight is 288 g/mol. The monoisotopic (exact) mass is 287 g/mol. The number of hydrogen-bond donors (Lipinski definition) is 1. The van der Waals surface area contributed by atoms with Crippen LogP contribution in [0.25, 0.3) is 0 Å². The molecule has 0 bridgehead atoms. The lowest BCUT2D eigenvalue weighted by Crippen LogP contribution is -2.11. The molecule has 0 aromatic heterocycles. The van der Waals surface area contributed by atoms with E-state index in [-0.39, 0.29) is 6.04 Å². The third-order valence-corrected chi connectivity index (χ3v) is 2.65. The van der Waals surface area contributed by atoms with E-state index in [4.69, 9.17) is 15.2 Å². The molecule has 16 heavy (non-hydrogen) atoms. The van der Waals surface area contributed by atoms with Crippen LogP contribution >= 0.6 is 15.9 Å². The standard InChI is InChI=1S/C12H18BrNO2/c1-3-15-6-7-16-12-5-4-10(13)8-11(12)9(2)14/h4-5,8-9H,3,6-7,14H2,1-2H3/t9-/m0/s1. The van der Waals surface area contributed by atoms with Gasteiger partial charge in [0.15, 0.2) is 0 Å². The van der Waals surface area contributed by atoms with Gasteiger partial charge in [0.2, 0.25) is 0 Å². The van der Waals surface area contributed by atoms with Gasteiger partial charge >= 0.3 is 0 Å². The summed E-state index contributed by atoms with van der Waals surface area (Å²) in [4.78, 5) is 0. The molecule has 90 valence electrons. The highest BCUT2D eigenvalue weighted by Crippen LogP contribution is 2.27. The van der Waals surface area contributed by atoms with Gasteiger partial charge in [0.25, 0.3) is 0 Å². The Balaban J connectivity index is 2.64. The molecular formula is C12H18BrNO2. The number of benzene rings is 1. The van der Waals surface area contributed by atoms with Gasteiger partial charge in [-0.05, 0) is 32.0 Å². The molecule has 0 saturated heterocycles. The molecule has 0 aliphatic rings. The lowest BCUT2D eigenvalue weighted by molar-refractivity contribution is 0.109. The van der Waals surface area contributed by atoms with E-state index >= 15 is 0 Å². The number of halogens is 1. The fourth-order valence-electron chi connectivity index (χ4n) is 1.36. The minimum atomic E-state index is -0.0420. The fourth-order valence-corrected chi connectivity index (χ4v) is 1.74. The summed E-state index contributed by atoms with van der Waals surface area (Å²) >= 11 is 3.42. The Morgan fingerprint density at radius 3 is 2.75 bits per heavy atom. The molecule has 0 fully saturated rings. The van der Waals surface area contributed by atoms with Gasteiger partial charge in [-0.3, -0.25) is 0 Å². The molecule has 1 aromatic rings. The van der Waals surface area contributed by atoms with Gasteiger partial charge in [-0.25, -0.2) is 0 Å². The number of rotatable bonds is 6. The molecule has 1 atom stereocenters. The Hall–Kier alpha value is -0.580. The highest BCUT2D eigenvalue weighted by molar-refractivity contribution is 9.10. The van der Waals surface area contributed by atoms with E-state index in [1.54, 1.807) is 0 Å². The molecule has 3 nitrogen and oxygen atoms in total. The van der Waals surface area contributed by atoms with Crippen molar-refractivity contribution in [3.63, 3.8) is 0 Å². The van der Waals surface area contributed by atoms with E-state index in [2.05, 4.69) is 15.9 Å². The van der Waals surface area contributed by atoms with Crippen molar-refractivity contribution in [3.8, 4) is 5.75 Å². The summed E-state index contributed by atoms with van der Waals surface area (Å²) in [5.74, 6) is 0.831.